The van der Waals surface area contributed by atoms with Crippen LogP contribution in [0.25, 0.3) is 11.1 Å². The largest absolute Gasteiger partial charge is 0.504 e. The number of aromatic hydroxyl groups is 1. The van der Waals surface area contributed by atoms with E-state index in [1.165, 1.54) is 7.11 Å². The summed E-state index contributed by atoms with van der Waals surface area (Å²) in [6, 6.07) is 12.2. The minimum absolute atomic E-state index is 0.0615. The van der Waals surface area contributed by atoms with Gasteiger partial charge in [-0.25, -0.2) is 4.79 Å². The van der Waals surface area contributed by atoms with E-state index in [4.69, 9.17) is 9.47 Å². The summed E-state index contributed by atoms with van der Waals surface area (Å²) in [4.78, 5) is 25.6. The van der Waals surface area contributed by atoms with Crippen molar-refractivity contribution in [2.24, 2.45) is 0 Å². The van der Waals surface area contributed by atoms with Crippen LogP contribution >= 0.6 is 0 Å². The molecule has 7 heteroatoms. The van der Waals surface area contributed by atoms with E-state index in [2.05, 4.69) is 5.32 Å². The number of cyclic esters (lactones) is 1. The standard InChI is InChI=1S/C20H22N2O5/c1-26-18-13-15(6-7-17(18)23)14-4-2-5-16(12-14)19(24)21-8-10-22-9-3-11-27-20(22)25/h2,4-7,12-13,23H,3,8-11H2,1H3,(H,21,24). The maximum atomic E-state index is 12.4. The predicted octanol–water partition coefficient (Wildman–Crippen LogP) is 2.64. The summed E-state index contributed by atoms with van der Waals surface area (Å²) in [5.41, 5.74) is 2.18. The average Bonchev–Trinajstić information content (AvgIpc) is 2.70. The predicted molar refractivity (Wildman–Crippen MR) is 100.0 cm³/mol. The van der Waals surface area contributed by atoms with Gasteiger partial charge in [0.2, 0.25) is 0 Å². The number of ether oxygens (including phenoxy) is 2. The Morgan fingerprint density at radius 2 is 2.07 bits per heavy atom. The van der Waals surface area contributed by atoms with Gasteiger partial charge in [0.15, 0.2) is 11.5 Å². The van der Waals surface area contributed by atoms with Crippen LogP contribution in [0.2, 0.25) is 0 Å². The molecule has 0 aliphatic carbocycles. The van der Waals surface area contributed by atoms with E-state index >= 15 is 0 Å². The first-order valence-electron chi connectivity index (χ1n) is 8.76. The van der Waals surface area contributed by atoms with E-state index < -0.39 is 0 Å². The van der Waals surface area contributed by atoms with Crippen molar-refractivity contribution in [3.63, 3.8) is 0 Å². The molecule has 2 amide bonds. The lowest BCUT2D eigenvalue weighted by atomic mass is 10.0. The lowest BCUT2D eigenvalue weighted by molar-refractivity contribution is 0.0719. The minimum atomic E-state index is -0.334. The Bertz CT molecular complexity index is 837. The Labute approximate surface area is 157 Å². The van der Waals surface area contributed by atoms with E-state index in [1.807, 2.05) is 6.07 Å². The highest BCUT2D eigenvalue weighted by Crippen LogP contribution is 2.31. The number of carbonyl (C=O) groups is 2. The zero-order chi connectivity index (χ0) is 19.2. The first-order chi connectivity index (χ1) is 13.1. The molecule has 3 rings (SSSR count). The third kappa shape index (κ3) is 4.49. The number of hydrogen-bond donors (Lipinski definition) is 2. The van der Waals surface area contributed by atoms with Gasteiger partial charge in [-0.15, -0.1) is 0 Å². The number of nitrogens with zero attached hydrogens (tertiary/aromatic N) is 1. The van der Waals surface area contributed by atoms with Gasteiger partial charge in [0.25, 0.3) is 5.91 Å². The monoisotopic (exact) mass is 370 g/mol. The van der Waals surface area contributed by atoms with Gasteiger partial charge in [0.05, 0.1) is 13.7 Å². The Kier molecular flexibility index (Phi) is 5.80. The van der Waals surface area contributed by atoms with Crippen molar-refractivity contribution in [2.45, 2.75) is 6.42 Å². The number of carbonyl (C=O) groups excluding carboxylic acids is 2. The number of methoxy groups -OCH3 is 1. The third-order valence-electron chi connectivity index (χ3n) is 4.36. The molecule has 0 spiro atoms. The SMILES string of the molecule is COc1cc(-c2cccc(C(=O)NCCN3CCCOC3=O)c2)ccc1O. The number of hydrogen-bond acceptors (Lipinski definition) is 5. The van der Waals surface area contributed by atoms with Crippen LogP contribution in [0.3, 0.4) is 0 Å². The maximum absolute atomic E-state index is 12.4. The van der Waals surface area contributed by atoms with Crippen molar-refractivity contribution in [2.75, 3.05) is 33.4 Å². The number of phenols is 1. The zero-order valence-electron chi connectivity index (χ0n) is 15.1. The smallest absolute Gasteiger partial charge is 0.409 e. The molecule has 1 fully saturated rings. The number of phenolic OH excluding ortho intramolecular Hbond substituents is 1. The van der Waals surface area contributed by atoms with Gasteiger partial charge < -0.3 is 24.8 Å². The Morgan fingerprint density at radius 1 is 1.26 bits per heavy atom. The van der Waals surface area contributed by atoms with E-state index in [-0.39, 0.29) is 17.7 Å². The topological polar surface area (TPSA) is 88.1 Å². The second-order valence-electron chi connectivity index (χ2n) is 6.18. The Morgan fingerprint density at radius 3 is 2.85 bits per heavy atom. The van der Waals surface area contributed by atoms with Gasteiger partial charge in [-0.1, -0.05) is 18.2 Å². The van der Waals surface area contributed by atoms with E-state index in [1.54, 1.807) is 41.3 Å². The fourth-order valence-corrected chi connectivity index (χ4v) is 2.90. The van der Waals surface area contributed by atoms with E-state index in [0.717, 1.165) is 17.5 Å². The summed E-state index contributed by atoms with van der Waals surface area (Å²) in [6.45, 7) is 1.87. The normalized spacial score (nSPS) is 13.8. The fourth-order valence-electron chi connectivity index (χ4n) is 2.90. The van der Waals surface area contributed by atoms with Crippen LogP contribution in [0.5, 0.6) is 11.5 Å². The van der Waals surface area contributed by atoms with Gasteiger partial charge in [-0.05, 0) is 41.8 Å². The maximum Gasteiger partial charge on any atom is 0.409 e. The van der Waals surface area contributed by atoms with E-state index in [0.29, 0.717) is 37.6 Å². The summed E-state index contributed by atoms with van der Waals surface area (Å²) >= 11 is 0. The second-order valence-corrected chi connectivity index (χ2v) is 6.18. The van der Waals surface area contributed by atoms with Crippen LogP contribution in [-0.4, -0.2) is 55.4 Å². The molecule has 0 aromatic heterocycles. The van der Waals surface area contributed by atoms with Gasteiger partial charge in [0.1, 0.15) is 0 Å². The lowest BCUT2D eigenvalue weighted by Crippen LogP contribution is -2.42. The highest BCUT2D eigenvalue weighted by molar-refractivity contribution is 5.95. The molecule has 27 heavy (non-hydrogen) atoms. The van der Waals surface area contributed by atoms with Crippen molar-refractivity contribution in [1.82, 2.24) is 10.2 Å². The highest BCUT2D eigenvalue weighted by atomic mass is 16.6. The van der Waals surface area contributed by atoms with Crippen LogP contribution in [-0.2, 0) is 4.74 Å². The van der Waals surface area contributed by atoms with E-state index in [9.17, 15) is 14.7 Å². The quantitative estimate of drug-likeness (QED) is 0.816. The first kappa shape index (κ1) is 18.6. The molecule has 1 aliphatic heterocycles. The molecule has 1 saturated heterocycles. The zero-order valence-corrected chi connectivity index (χ0v) is 15.1. The summed E-state index contributed by atoms with van der Waals surface area (Å²) in [7, 11) is 1.49. The molecule has 0 bridgehead atoms. The number of benzene rings is 2. The third-order valence-corrected chi connectivity index (χ3v) is 4.36. The van der Waals surface area contributed by atoms with Crippen LogP contribution in [0.1, 0.15) is 16.8 Å². The highest BCUT2D eigenvalue weighted by Gasteiger charge is 2.19. The average molecular weight is 370 g/mol. The van der Waals surface area contributed by atoms with Gasteiger partial charge >= 0.3 is 6.09 Å². The molecular weight excluding hydrogens is 348 g/mol. The first-order valence-corrected chi connectivity index (χ1v) is 8.76. The molecule has 2 aromatic carbocycles. The molecule has 1 aliphatic rings. The number of nitrogens with one attached hydrogen (secondary N) is 1. The summed E-state index contributed by atoms with van der Waals surface area (Å²) in [6.07, 6.45) is 0.469. The van der Waals surface area contributed by atoms with Crippen LogP contribution in [0.4, 0.5) is 4.79 Å². The molecule has 1 heterocycles. The molecule has 0 radical (unpaired) electrons. The van der Waals surface area contributed by atoms with Gasteiger partial charge in [-0.3, -0.25) is 4.79 Å². The van der Waals surface area contributed by atoms with Gasteiger partial charge in [0, 0.05) is 25.2 Å². The second kappa shape index (κ2) is 8.44. The van der Waals surface area contributed by atoms with Crippen LogP contribution in [0, 0.1) is 0 Å². The fraction of sp³-hybridized carbons (Fsp3) is 0.300. The molecule has 0 atom stereocenters. The Balaban J connectivity index is 1.64. The number of rotatable bonds is 6. The molecule has 2 N–H and O–H groups in total. The summed E-state index contributed by atoms with van der Waals surface area (Å²) in [5.74, 6) is 0.218. The van der Waals surface area contributed by atoms with Crippen molar-refractivity contribution < 1.29 is 24.2 Å². The van der Waals surface area contributed by atoms with Crippen molar-refractivity contribution in [3.05, 3.63) is 48.0 Å². The lowest BCUT2D eigenvalue weighted by Gasteiger charge is -2.26. The van der Waals surface area contributed by atoms with Crippen LogP contribution in [0.15, 0.2) is 42.5 Å². The summed E-state index contributed by atoms with van der Waals surface area (Å²) < 4.78 is 10.1. The molecule has 2 aromatic rings. The summed E-state index contributed by atoms with van der Waals surface area (Å²) in [5, 5.41) is 12.5. The van der Waals surface area contributed by atoms with Crippen molar-refractivity contribution >= 4 is 12.0 Å². The minimum Gasteiger partial charge on any atom is -0.504 e. The van der Waals surface area contributed by atoms with Crippen LogP contribution < -0.4 is 10.1 Å². The Hall–Kier alpha value is -3.22. The molecule has 7 nitrogen and oxygen atoms in total. The molecular formula is C20H22N2O5. The van der Waals surface area contributed by atoms with Gasteiger partial charge in [-0.2, -0.15) is 0 Å². The molecule has 0 saturated carbocycles. The molecule has 142 valence electrons. The van der Waals surface area contributed by atoms with Crippen molar-refractivity contribution in [3.8, 4) is 22.6 Å². The van der Waals surface area contributed by atoms with Crippen molar-refractivity contribution in [1.29, 1.82) is 0 Å². The number of amides is 2. The molecule has 0 unspecified atom stereocenters.